The fourth-order valence-electron chi connectivity index (χ4n) is 1.36. The Balaban J connectivity index is 3.00. The van der Waals surface area contributed by atoms with Gasteiger partial charge in [-0.15, -0.1) is 23.2 Å². The summed E-state index contributed by atoms with van der Waals surface area (Å²) in [6.45, 7) is 3.83. The Bertz CT molecular complexity index is 240. The molecular weight excluding hydrogens is 298 g/mol. The standard InChI is InChI=1S/C8H10BrCl3O/c1-7(2)3-4(13)8(9,12)6(11)5(7)10/h5-6H,3H2,1-2H3. The van der Waals surface area contributed by atoms with Gasteiger partial charge in [0, 0.05) is 6.42 Å². The van der Waals surface area contributed by atoms with E-state index in [9.17, 15) is 4.79 Å². The third-order valence-corrected chi connectivity index (χ3v) is 5.65. The first-order valence-corrected chi connectivity index (χ1v) is 5.93. The maximum Gasteiger partial charge on any atom is 0.174 e. The summed E-state index contributed by atoms with van der Waals surface area (Å²) >= 11 is 21.2. The monoisotopic (exact) mass is 306 g/mol. The predicted octanol–water partition coefficient (Wildman–Crippen LogP) is 3.53. The van der Waals surface area contributed by atoms with Crippen LogP contribution >= 0.6 is 50.7 Å². The molecule has 0 aromatic rings. The minimum absolute atomic E-state index is 0.101. The van der Waals surface area contributed by atoms with Gasteiger partial charge in [0.15, 0.2) is 9.57 Å². The summed E-state index contributed by atoms with van der Waals surface area (Å²) in [7, 11) is 0. The molecular formula is C8H10BrCl3O. The van der Waals surface area contributed by atoms with Crippen molar-refractivity contribution in [3.63, 3.8) is 0 Å². The molecule has 3 atom stereocenters. The van der Waals surface area contributed by atoms with E-state index in [-0.39, 0.29) is 16.6 Å². The summed E-state index contributed by atoms with van der Waals surface area (Å²) in [4.78, 5) is 11.6. The Morgan fingerprint density at radius 3 is 2.31 bits per heavy atom. The highest BCUT2D eigenvalue weighted by atomic mass is 79.9. The van der Waals surface area contributed by atoms with Gasteiger partial charge < -0.3 is 0 Å². The number of halogens is 4. The zero-order valence-electron chi connectivity index (χ0n) is 7.28. The molecule has 0 aliphatic heterocycles. The zero-order chi connectivity index (χ0) is 10.4. The average Bonchev–Trinajstić information content (AvgIpc) is 1.98. The molecule has 76 valence electrons. The van der Waals surface area contributed by atoms with Crippen LogP contribution in [0.25, 0.3) is 0 Å². The molecule has 1 saturated carbocycles. The molecule has 0 aromatic carbocycles. The quantitative estimate of drug-likeness (QED) is 0.626. The first-order valence-electron chi connectivity index (χ1n) is 3.89. The van der Waals surface area contributed by atoms with Crippen molar-refractivity contribution in [1.82, 2.24) is 0 Å². The number of alkyl halides is 4. The lowest BCUT2D eigenvalue weighted by Gasteiger charge is -2.42. The highest BCUT2D eigenvalue weighted by molar-refractivity contribution is 9.10. The highest BCUT2D eigenvalue weighted by Gasteiger charge is 2.54. The van der Waals surface area contributed by atoms with Crippen molar-refractivity contribution in [2.24, 2.45) is 5.41 Å². The normalized spacial score (nSPS) is 44.9. The first kappa shape index (κ1) is 12.1. The van der Waals surface area contributed by atoms with Crippen molar-refractivity contribution in [3.8, 4) is 0 Å². The van der Waals surface area contributed by atoms with Crippen LogP contribution in [-0.2, 0) is 4.79 Å². The number of carbonyl (C=O) groups excluding carboxylic acids is 1. The second-order valence-electron chi connectivity index (χ2n) is 4.02. The van der Waals surface area contributed by atoms with Crippen molar-refractivity contribution in [2.45, 2.75) is 34.8 Å². The van der Waals surface area contributed by atoms with E-state index >= 15 is 0 Å². The van der Waals surface area contributed by atoms with E-state index in [1.165, 1.54) is 0 Å². The first-order chi connectivity index (χ1) is 5.69. The van der Waals surface area contributed by atoms with E-state index in [0.29, 0.717) is 6.42 Å². The molecule has 13 heavy (non-hydrogen) atoms. The van der Waals surface area contributed by atoms with E-state index in [4.69, 9.17) is 34.8 Å². The van der Waals surface area contributed by atoms with Crippen molar-refractivity contribution in [1.29, 1.82) is 0 Å². The number of rotatable bonds is 0. The molecule has 1 aliphatic carbocycles. The molecule has 1 nitrogen and oxygen atoms in total. The van der Waals surface area contributed by atoms with Crippen LogP contribution < -0.4 is 0 Å². The Kier molecular flexibility index (Phi) is 3.30. The van der Waals surface area contributed by atoms with E-state index in [2.05, 4.69) is 15.9 Å². The highest BCUT2D eigenvalue weighted by Crippen LogP contribution is 2.49. The van der Waals surface area contributed by atoms with E-state index in [1.807, 2.05) is 13.8 Å². The SMILES string of the molecule is CC1(C)CC(=O)C(Cl)(Br)C(Cl)C1Cl. The topological polar surface area (TPSA) is 17.1 Å². The second kappa shape index (κ2) is 3.55. The lowest BCUT2D eigenvalue weighted by Crippen LogP contribution is -2.53. The van der Waals surface area contributed by atoms with E-state index < -0.39 is 9.16 Å². The van der Waals surface area contributed by atoms with Crippen LogP contribution in [0.2, 0.25) is 0 Å². The van der Waals surface area contributed by atoms with Gasteiger partial charge in [0.1, 0.15) is 0 Å². The minimum atomic E-state index is -1.20. The van der Waals surface area contributed by atoms with E-state index in [1.54, 1.807) is 0 Å². The number of hydrogen-bond donors (Lipinski definition) is 0. The Morgan fingerprint density at radius 2 is 1.85 bits per heavy atom. The molecule has 0 N–H and O–H groups in total. The Labute approximate surface area is 101 Å². The molecule has 0 spiro atoms. The van der Waals surface area contributed by atoms with Gasteiger partial charge in [0.05, 0.1) is 10.8 Å². The van der Waals surface area contributed by atoms with Gasteiger partial charge in [-0.05, 0) is 5.41 Å². The molecule has 1 aliphatic rings. The number of Topliss-reactive ketones (excluding diaryl/α,β-unsaturated/α-hetero) is 1. The van der Waals surface area contributed by atoms with Crippen LogP contribution in [0.5, 0.6) is 0 Å². The molecule has 0 bridgehead atoms. The smallest absolute Gasteiger partial charge is 0.174 e. The number of ketones is 1. The summed E-state index contributed by atoms with van der Waals surface area (Å²) in [6, 6.07) is 0. The minimum Gasteiger partial charge on any atom is -0.297 e. The van der Waals surface area contributed by atoms with Gasteiger partial charge in [0.2, 0.25) is 0 Å². The molecule has 1 rings (SSSR count). The van der Waals surface area contributed by atoms with Crippen molar-refractivity contribution in [2.75, 3.05) is 0 Å². The number of carbonyl (C=O) groups is 1. The maximum absolute atomic E-state index is 11.6. The average molecular weight is 308 g/mol. The molecule has 5 heteroatoms. The summed E-state index contributed by atoms with van der Waals surface area (Å²) in [5.41, 5.74) is -0.294. The summed E-state index contributed by atoms with van der Waals surface area (Å²) in [6.07, 6.45) is 0.346. The van der Waals surface area contributed by atoms with Crippen molar-refractivity contribution >= 4 is 56.5 Å². The van der Waals surface area contributed by atoms with Gasteiger partial charge in [-0.2, -0.15) is 0 Å². The molecule has 0 heterocycles. The van der Waals surface area contributed by atoms with Crippen LogP contribution in [0.3, 0.4) is 0 Å². The third-order valence-electron chi connectivity index (χ3n) is 2.34. The Hall–Kier alpha value is 1.02. The van der Waals surface area contributed by atoms with Crippen LogP contribution in [0, 0.1) is 5.41 Å². The lowest BCUT2D eigenvalue weighted by atomic mass is 9.76. The van der Waals surface area contributed by atoms with Gasteiger partial charge >= 0.3 is 0 Å². The molecule has 0 aromatic heterocycles. The molecule has 0 saturated heterocycles. The number of hydrogen-bond acceptors (Lipinski definition) is 1. The summed E-state index contributed by atoms with van der Waals surface area (Å²) in [5, 5.41) is -0.907. The fraction of sp³-hybridized carbons (Fsp3) is 0.875. The predicted molar refractivity (Wildman–Crippen MR) is 60.2 cm³/mol. The summed E-state index contributed by atoms with van der Waals surface area (Å²) < 4.78 is -1.20. The van der Waals surface area contributed by atoms with E-state index in [0.717, 1.165) is 0 Å². The third kappa shape index (κ3) is 2.01. The van der Waals surface area contributed by atoms with Gasteiger partial charge in [-0.25, -0.2) is 0 Å². The molecule has 0 amide bonds. The summed E-state index contributed by atoms with van der Waals surface area (Å²) in [5.74, 6) is -0.101. The Morgan fingerprint density at radius 1 is 1.38 bits per heavy atom. The van der Waals surface area contributed by atoms with Crippen LogP contribution in [0.4, 0.5) is 0 Å². The molecule has 0 radical (unpaired) electrons. The van der Waals surface area contributed by atoms with Crippen LogP contribution in [0.15, 0.2) is 0 Å². The van der Waals surface area contributed by atoms with Crippen LogP contribution in [0.1, 0.15) is 20.3 Å². The van der Waals surface area contributed by atoms with Gasteiger partial charge in [0.25, 0.3) is 0 Å². The largest absolute Gasteiger partial charge is 0.297 e. The van der Waals surface area contributed by atoms with Gasteiger partial charge in [-0.3, -0.25) is 4.79 Å². The molecule has 1 fully saturated rings. The maximum atomic E-state index is 11.6. The van der Waals surface area contributed by atoms with Crippen LogP contribution in [-0.4, -0.2) is 20.3 Å². The molecule has 3 unspecified atom stereocenters. The van der Waals surface area contributed by atoms with Crippen molar-refractivity contribution < 1.29 is 4.79 Å². The second-order valence-corrected chi connectivity index (χ2v) is 7.26. The lowest BCUT2D eigenvalue weighted by molar-refractivity contribution is -0.123. The fourth-order valence-corrected chi connectivity index (χ4v) is 2.91. The zero-order valence-corrected chi connectivity index (χ0v) is 11.1. The van der Waals surface area contributed by atoms with Gasteiger partial charge in [-0.1, -0.05) is 41.4 Å². The van der Waals surface area contributed by atoms with Crippen molar-refractivity contribution in [3.05, 3.63) is 0 Å².